The van der Waals surface area contributed by atoms with Gasteiger partial charge in [0.25, 0.3) is 0 Å². The number of nitrogens with zero attached hydrogens (tertiary/aromatic N) is 2. The van der Waals surface area contributed by atoms with Gasteiger partial charge in [-0.3, -0.25) is 9.88 Å². The first-order valence-electron chi connectivity index (χ1n) is 8.08. The van der Waals surface area contributed by atoms with Gasteiger partial charge in [-0.15, -0.1) is 0 Å². The minimum Gasteiger partial charge on any atom is -0.338 e. The molecule has 0 saturated carbocycles. The number of hydrogen-bond acceptors (Lipinski definition) is 3. The molecular formula is C16H23F3N4O. The summed E-state index contributed by atoms with van der Waals surface area (Å²) in [7, 11) is 0. The Morgan fingerprint density at radius 3 is 2.67 bits per heavy atom. The Bertz CT molecular complexity index is 542. The molecule has 8 heteroatoms. The van der Waals surface area contributed by atoms with E-state index in [1.807, 2.05) is 25.1 Å². The number of aromatic nitrogens is 1. The number of hydrogen-bond donors (Lipinski definition) is 2. The van der Waals surface area contributed by atoms with Crippen LogP contribution in [-0.2, 0) is 6.42 Å². The molecule has 134 valence electrons. The average Bonchev–Trinajstić information content (AvgIpc) is 2.48. The molecule has 1 fully saturated rings. The Morgan fingerprint density at radius 1 is 1.33 bits per heavy atom. The van der Waals surface area contributed by atoms with Crippen LogP contribution in [0.3, 0.4) is 0 Å². The van der Waals surface area contributed by atoms with Gasteiger partial charge in [-0.25, -0.2) is 4.79 Å². The zero-order valence-electron chi connectivity index (χ0n) is 13.7. The number of halogens is 3. The van der Waals surface area contributed by atoms with E-state index in [0.29, 0.717) is 38.9 Å². The molecule has 0 radical (unpaired) electrons. The van der Waals surface area contributed by atoms with E-state index in [1.54, 1.807) is 0 Å². The number of piperidine rings is 1. The molecule has 0 unspecified atom stereocenters. The van der Waals surface area contributed by atoms with Gasteiger partial charge in [0.2, 0.25) is 0 Å². The molecule has 1 saturated heterocycles. The van der Waals surface area contributed by atoms with Crippen LogP contribution in [0.2, 0.25) is 0 Å². The number of nitrogens with one attached hydrogen (secondary N) is 2. The van der Waals surface area contributed by atoms with Crippen molar-refractivity contribution in [2.45, 2.75) is 38.4 Å². The summed E-state index contributed by atoms with van der Waals surface area (Å²) in [6.45, 7) is 2.19. The SMILES string of the molecule is Cc1cccc(CCNC(=O)NC2CCN(CC(F)(F)F)CC2)n1. The second kappa shape index (κ2) is 8.32. The third-order valence-corrected chi connectivity index (χ3v) is 3.94. The maximum Gasteiger partial charge on any atom is 0.401 e. The topological polar surface area (TPSA) is 57.3 Å². The zero-order chi connectivity index (χ0) is 17.6. The summed E-state index contributed by atoms with van der Waals surface area (Å²) in [6, 6.07) is 5.38. The molecule has 2 heterocycles. The molecule has 1 aromatic rings. The fraction of sp³-hybridized carbons (Fsp3) is 0.625. The van der Waals surface area contributed by atoms with Gasteiger partial charge in [-0.2, -0.15) is 13.2 Å². The molecule has 0 aliphatic carbocycles. The van der Waals surface area contributed by atoms with Gasteiger partial charge in [-0.05, 0) is 31.9 Å². The number of amides is 2. The Morgan fingerprint density at radius 2 is 2.04 bits per heavy atom. The molecule has 1 aromatic heterocycles. The Hall–Kier alpha value is -1.83. The molecule has 5 nitrogen and oxygen atoms in total. The average molecular weight is 344 g/mol. The maximum atomic E-state index is 12.3. The van der Waals surface area contributed by atoms with Gasteiger partial charge in [0, 0.05) is 43.5 Å². The van der Waals surface area contributed by atoms with Crippen molar-refractivity contribution in [1.29, 1.82) is 0 Å². The van der Waals surface area contributed by atoms with E-state index in [2.05, 4.69) is 15.6 Å². The van der Waals surface area contributed by atoms with Crippen molar-refractivity contribution in [3.8, 4) is 0 Å². The lowest BCUT2D eigenvalue weighted by molar-refractivity contribution is -0.148. The number of pyridine rings is 1. The number of likely N-dealkylation sites (tertiary alicyclic amines) is 1. The van der Waals surface area contributed by atoms with Crippen LogP contribution in [0.5, 0.6) is 0 Å². The highest BCUT2D eigenvalue weighted by Crippen LogP contribution is 2.19. The van der Waals surface area contributed by atoms with Crippen molar-refractivity contribution in [2.24, 2.45) is 0 Å². The van der Waals surface area contributed by atoms with E-state index in [4.69, 9.17) is 0 Å². The van der Waals surface area contributed by atoms with Gasteiger partial charge >= 0.3 is 12.2 Å². The normalized spacial score (nSPS) is 16.8. The second-order valence-electron chi connectivity index (χ2n) is 6.09. The summed E-state index contributed by atoms with van der Waals surface area (Å²) in [4.78, 5) is 17.6. The summed E-state index contributed by atoms with van der Waals surface area (Å²) in [6.07, 6.45) is -2.47. The molecule has 24 heavy (non-hydrogen) atoms. The predicted octanol–water partition coefficient (Wildman–Crippen LogP) is 2.26. The van der Waals surface area contributed by atoms with Crippen LogP contribution in [0, 0.1) is 6.92 Å². The van der Waals surface area contributed by atoms with Gasteiger partial charge in [0.1, 0.15) is 0 Å². The van der Waals surface area contributed by atoms with E-state index in [-0.39, 0.29) is 12.1 Å². The number of carbonyl (C=O) groups is 1. The van der Waals surface area contributed by atoms with Crippen LogP contribution in [-0.4, -0.2) is 54.3 Å². The monoisotopic (exact) mass is 344 g/mol. The highest BCUT2D eigenvalue weighted by Gasteiger charge is 2.32. The Balaban J connectivity index is 1.63. The zero-order valence-corrected chi connectivity index (χ0v) is 13.7. The van der Waals surface area contributed by atoms with E-state index in [0.717, 1.165) is 11.4 Å². The summed E-state index contributed by atoms with van der Waals surface area (Å²) >= 11 is 0. The molecule has 1 aliphatic rings. The number of alkyl halides is 3. The number of aryl methyl sites for hydroxylation is 1. The first kappa shape index (κ1) is 18.5. The molecule has 2 rings (SSSR count). The first-order valence-corrected chi connectivity index (χ1v) is 8.08. The van der Waals surface area contributed by atoms with Gasteiger partial charge in [0.15, 0.2) is 0 Å². The summed E-state index contributed by atoms with van der Waals surface area (Å²) in [5.74, 6) is 0. The highest BCUT2D eigenvalue weighted by atomic mass is 19.4. The van der Waals surface area contributed by atoms with Crippen LogP contribution < -0.4 is 10.6 Å². The van der Waals surface area contributed by atoms with E-state index in [9.17, 15) is 18.0 Å². The smallest absolute Gasteiger partial charge is 0.338 e. The van der Waals surface area contributed by atoms with Crippen LogP contribution in [0.1, 0.15) is 24.2 Å². The van der Waals surface area contributed by atoms with Crippen LogP contribution in [0.15, 0.2) is 18.2 Å². The number of urea groups is 1. The van der Waals surface area contributed by atoms with Gasteiger partial charge in [-0.1, -0.05) is 6.07 Å². The third kappa shape index (κ3) is 6.74. The number of rotatable bonds is 5. The Kier molecular flexibility index (Phi) is 6.42. The summed E-state index contributed by atoms with van der Waals surface area (Å²) < 4.78 is 37.0. The van der Waals surface area contributed by atoms with E-state index in [1.165, 1.54) is 4.90 Å². The first-order chi connectivity index (χ1) is 11.3. The molecule has 2 amide bonds. The van der Waals surface area contributed by atoms with Crippen LogP contribution >= 0.6 is 0 Å². The maximum absolute atomic E-state index is 12.3. The Labute approximate surface area is 139 Å². The largest absolute Gasteiger partial charge is 0.401 e. The van der Waals surface area contributed by atoms with E-state index >= 15 is 0 Å². The third-order valence-electron chi connectivity index (χ3n) is 3.94. The summed E-state index contributed by atoms with van der Waals surface area (Å²) in [5, 5.41) is 5.59. The van der Waals surface area contributed by atoms with Gasteiger partial charge in [0.05, 0.1) is 6.54 Å². The van der Waals surface area contributed by atoms with Crippen LogP contribution in [0.25, 0.3) is 0 Å². The standard InChI is InChI=1S/C16H23F3N4O/c1-12-3-2-4-13(21-12)5-8-20-15(24)22-14-6-9-23(10-7-14)11-16(17,18)19/h2-4,14H,5-11H2,1H3,(H2,20,22,24). The van der Waals surface area contributed by atoms with Crippen molar-refractivity contribution in [3.05, 3.63) is 29.6 Å². The lowest BCUT2D eigenvalue weighted by atomic mass is 10.1. The van der Waals surface area contributed by atoms with Gasteiger partial charge < -0.3 is 10.6 Å². The molecule has 0 aromatic carbocycles. The second-order valence-corrected chi connectivity index (χ2v) is 6.09. The van der Waals surface area contributed by atoms with Crippen molar-refractivity contribution >= 4 is 6.03 Å². The minimum absolute atomic E-state index is 0.0772. The van der Waals surface area contributed by atoms with Crippen molar-refractivity contribution < 1.29 is 18.0 Å². The molecule has 0 bridgehead atoms. The highest BCUT2D eigenvalue weighted by molar-refractivity contribution is 5.74. The fourth-order valence-corrected chi connectivity index (χ4v) is 2.77. The molecular weight excluding hydrogens is 321 g/mol. The van der Waals surface area contributed by atoms with Crippen molar-refractivity contribution in [2.75, 3.05) is 26.2 Å². The lowest BCUT2D eigenvalue weighted by Crippen LogP contribution is -2.49. The molecule has 0 spiro atoms. The fourth-order valence-electron chi connectivity index (χ4n) is 2.77. The number of carbonyl (C=O) groups excluding carboxylic acids is 1. The quantitative estimate of drug-likeness (QED) is 0.861. The van der Waals surface area contributed by atoms with E-state index < -0.39 is 12.7 Å². The molecule has 0 atom stereocenters. The summed E-state index contributed by atoms with van der Waals surface area (Å²) in [5.41, 5.74) is 1.85. The lowest BCUT2D eigenvalue weighted by Gasteiger charge is -2.32. The molecule has 2 N–H and O–H groups in total. The van der Waals surface area contributed by atoms with Crippen molar-refractivity contribution in [1.82, 2.24) is 20.5 Å². The van der Waals surface area contributed by atoms with Crippen LogP contribution in [0.4, 0.5) is 18.0 Å². The molecule has 1 aliphatic heterocycles. The minimum atomic E-state index is -4.17. The van der Waals surface area contributed by atoms with Crippen molar-refractivity contribution in [3.63, 3.8) is 0 Å². The predicted molar refractivity (Wildman–Crippen MR) is 84.7 cm³/mol.